The molecule has 7 nitrogen and oxygen atoms in total. The molecule has 0 aliphatic carbocycles. The minimum Gasteiger partial charge on any atom is -0.322 e. The van der Waals surface area contributed by atoms with Crippen LogP contribution in [0.1, 0.15) is 26.3 Å². The van der Waals surface area contributed by atoms with Crippen molar-refractivity contribution in [2.24, 2.45) is 0 Å². The normalized spacial score (nSPS) is 10.2. The zero-order valence-corrected chi connectivity index (χ0v) is 15.0. The van der Waals surface area contributed by atoms with Gasteiger partial charge in [-0.25, -0.2) is 0 Å². The second-order valence-electron chi connectivity index (χ2n) is 6.03. The largest absolute Gasteiger partial charge is 0.322 e. The summed E-state index contributed by atoms with van der Waals surface area (Å²) in [7, 11) is 0. The highest BCUT2D eigenvalue weighted by atomic mass is 16.6. The molecule has 3 aromatic rings. The van der Waals surface area contributed by atoms with Gasteiger partial charge in [0.1, 0.15) is 5.56 Å². The van der Waals surface area contributed by atoms with Gasteiger partial charge in [0, 0.05) is 23.0 Å². The van der Waals surface area contributed by atoms with E-state index in [-0.39, 0.29) is 17.2 Å². The molecular weight excluding hydrogens is 358 g/mol. The second-order valence-corrected chi connectivity index (χ2v) is 6.03. The molecule has 140 valence electrons. The highest BCUT2D eigenvalue weighted by Crippen LogP contribution is 2.26. The van der Waals surface area contributed by atoms with Crippen molar-refractivity contribution >= 4 is 28.9 Å². The van der Waals surface area contributed by atoms with E-state index in [0.717, 1.165) is 0 Å². The standard InChI is InChI=1S/C21H17N3O4/c1-14-17(22-20(25)15-8-3-2-4-9-15)11-7-12-18(14)23-21(26)16-10-5-6-13-19(16)24(27)28/h2-13H,1H3,(H,22,25)(H,23,26). The lowest BCUT2D eigenvalue weighted by molar-refractivity contribution is -0.385. The van der Waals surface area contributed by atoms with Crippen LogP contribution in [0.5, 0.6) is 0 Å². The average molecular weight is 375 g/mol. The molecule has 0 aliphatic rings. The molecule has 2 N–H and O–H groups in total. The minimum atomic E-state index is -0.599. The van der Waals surface area contributed by atoms with E-state index in [1.54, 1.807) is 55.5 Å². The number of carbonyl (C=O) groups is 2. The predicted octanol–water partition coefficient (Wildman–Crippen LogP) is 4.41. The quantitative estimate of drug-likeness (QED) is 0.509. The number of benzene rings is 3. The number of nitrogens with zero attached hydrogens (tertiary/aromatic N) is 1. The first kappa shape index (κ1) is 18.8. The van der Waals surface area contributed by atoms with Gasteiger partial charge in [0.15, 0.2) is 0 Å². The first-order chi connectivity index (χ1) is 13.5. The number of nitro groups is 1. The van der Waals surface area contributed by atoms with Crippen molar-refractivity contribution in [1.82, 2.24) is 0 Å². The van der Waals surface area contributed by atoms with Crippen molar-refractivity contribution in [3.8, 4) is 0 Å². The number of amides is 2. The third kappa shape index (κ3) is 4.04. The Morgan fingerprint density at radius 1 is 0.786 bits per heavy atom. The lowest BCUT2D eigenvalue weighted by atomic mass is 10.1. The first-order valence-corrected chi connectivity index (χ1v) is 8.48. The number of rotatable bonds is 5. The number of nitro benzene ring substituents is 1. The van der Waals surface area contributed by atoms with Gasteiger partial charge in [0.25, 0.3) is 17.5 Å². The Bertz CT molecular complexity index is 1050. The van der Waals surface area contributed by atoms with Crippen molar-refractivity contribution in [1.29, 1.82) is 0 Å². The second kappa shape index (κ2) is 8.13. The van der Waals surface area contributed by atoms with E-state index in [1.807, 2.05) is 6.07 Å². The van der Waals surface area contributed by atoms with E-state index in [4.69, 9.17) is 0 Å². The molecule has 0 atom stereocenters. The lowest BCUT2D eigenvalue weighted by Crippen LogP contribution is -2.16. The molecule has 2 amide bonds. The summed E-state index contributed by atoms with van der Waals surface area (Å²) in [6, 6.07) is 19.6. The summed E-state index contributed by atoms with van der Waals surface area (Å²) < 4.78 is 0. The van der Waals surface area contributed by atoms with Crippen LogP contribution in [0.3, 0.4) is 0 Å². The van der Waals surface area contributed by atoms with Crippen LogP contribution < -0.4 is 10.6 Å². The molecule has 0 spiro atoms. The third-order valence-corrected chi connectivity index (χ3v) is 4.21. The molecule has 28 heavy (non-hydrogen) atoms. The summed E-state index contributed by atoms with van der Waals surface area (Å²) in [6.45, 7) is 1.75. The van der Waals surface area contributed by atoms with E-state index in [0.29, 0.717) is 22.5 Å². The molecule has 0 saturated carbocycles. The molecule has 0 bridgehead atoms. The molecule has 0 radical (unpaired) electrons. The summed E-state index contributed by atoms with van der Waals surface area (Å²) in [4.78, 5) is 35.4. The average Bonchev–Trinajstić information content (AvgIpc) is 2.71. The van der Waals surface area contributed by atoms with Gasteiger partial charge in [0.2, 0.25) is 0 Å². The maximum absolute atomic E-state index is 12.5. The smallest absolute Gasteiger partial charge is 0.282 e. The highest BCUT2D eigenvalue weighted by molar-refractivity contribution is 6.08. The van der Waals surface area contributed by atoms with Crippen LogP contribution in [0.4, 0.5) is 17.1 Å². The first-order valence-electron chi connectivity index (χ1n) is 8.48. The van der Waals surface area contributed by atoms with Crippen molar-refractivity contribution in [3.63, 3.8) is 0 Å². The fourth-order valence-corrected chi connectivity index (χ4v) is 2.70. The Labute approximate surface area is 161 Å². The van der Waals surface area contributed by atoms with Crippen molar-refractivity contribution in [3.05, 3.63) is 99.6 Å². The summed E-state index contributed by atoms with van der Waals surface area (Å²) in [5, 5.41) is 16.6. The Morgan fingerprint density at radius 2 is 1.36 bits per heavy atom. The van der Waals surface area contributed by atoms with Crippen molar-refractivity contribution < 1.29 is 14.5 Å². The van der Waals surface area contributed by atoms with Crippen LogP contribution in [0.15, 0.2) is 72.8 Å². The monoisotopic (exact) mass is 375 g/mol. The van der Waals surface area contributed by atoms with E-state index in [2.05, 4.69) is 10.6 Å². The van der Waals surface area contributed by atoms with Crippen LogP contribution in [0, 0.1) is 17.0 Å². The molecule has 3 rings (SSSR count). The zero-order valence-electron chi connectivity index (χ0n) is 15.0. The van der Waals surface area contributed by atoms with Gasteiger partial charge in [-0.3, -0.25) is 19.7 Å². The maximum atomic E-state index is 12.5. The fourth-order valence-electron chi connectivity index (χ4n) is 2.70. The molecule has 0 aromatic heterocycles. The summed E-state index contributed by atoms with van der Waals surface area (Å²) in [6.07, 6.45) is 0. The van der Waals surface area contributed by atoms with Gasteiger partial charge < -0.3 is 10.6 Å². The summed E-state index contributed by atoms with van der Waals surface area (Å²) in [5.74, 6) is -0.868. The van der Waals surface area contributed by atoms with E-state index in [1.165, 1.54) is 18.2 Å². The lowest BCUT2D eigenvalue weighted by Gasteiger charge is -2.13. The van der Waals surface area contributed by atoms with E-state index in [9.17, 15) is 19.7 Å². The van der Waals surface area contributed by atoms with Crippen LogP contribution >= 0.6 is 0 Å². The van der Waals surface area contributed by atoms with Gasteiger partial charge in [-0.15, -0.1) is 0 Å². The predicted molar refractivity (Wildman–Crippen MR) is 107 cm³/mol. The number of hydrogen-bond acceptors (Lipinski definition) is 4. The molecule has 0 heterocycles. The Hall–Kier alpha value is -4.00. The Morgan fingerprint density at radius 3 is 2.00 bits per heavy atom. The molecule has 0 unspecified atom stereocenters. The van der Waals surface area contributed by atoms with Crippen molar-refractivity contribution in [2.45, 2.75) is 6.92 Å². The Balaban J connectivity index is 1.83. The maximum Gasteiger partial charge on any atom is 0.282 e. The highest BCUT2D eigenvalue weighted by Gasteiger charge is 2.20. The van der Waals surface area contributed by atoms with E-state index >= 15 is 0 Å². The van der Waals surface area contributed by atoms with Gasteiger partial charge in [-0.05, 0) is 42.8 Å². The number of carbonyl (C=O) groups excluding carboxylic acids is 2. The molecule has 0 saturated heterocycles. The van der Waals surface area contributed by atoms with Crippen LogP contribution in [-0.2, 0) is 0 Å². The third-order valence-electron chi connectivity index (χ3n) is 4.21. The SMILES string of the molecule is Cc1c(NC(=O)c2ccccc2)cccc1NC(=O)c1ccccc1[N+](=O)[O-]. The number of nitrogens with one attached hydrogen (secondary N) is 2. The van der Waals surface area contributed by atoms with Crippen molar-refractivity contribution in [2.75, 3.05) is 10.6 Å². The molecular formula is C21H17N3O4. The fraction of sp³-hybridized carbons (Fsp3) is 0.0476. The topological polar surface area (TPSA) is 101 Å². The zero-order chi connectivity index (χ0) is 20.1. The van der Waals surface area contributed by atoms with Crippen LogP contribution in [0.2, 0.25) is 0 Å². The number of hydrogen-bond donors (Lipinski definition) is 2. The van der Waals surface area contributed by atoms with Gasteiger partial charge in [-0.2, -0.15) is 0 Å². The number of para-hydroxylation sites is 1. The van der Waals surface area contributed by atoms with Crippen LogP contribution in [0.25, 0.3) is 0 Å². The molecule has 7 heteroatoms. The molecule has 0 aliphatic heterocycles. The van der Waals surface area contributed by atoms with Gasteiger partial charge in [-0.1, -0.05) is 36.4 Å². The summed E-state index contributed by atoms with van der Waals surface area (Å²) in [5.41, 5.74) is 1.83. The minimum absolute atomic E-state index is 0.0365. The summed E-state index contributed by atoms with van der Waals surface area (Å²) >= 11 is 0. The van der Waals surface area contributed by atoms with E-state index < -0.39 is 10.8 Å². The molecule has 3 aromatic carbocycles. The van der Waals surface area contributed by atoms with Gasteiger partial charge in [0.05, 0.1) is 4.92 Å². The number of anilines is 2. The molecule has 0 fully saturated rings. The van der Waals surface area contributed by atoms with Gasteiger partial charge >= 0.3 is 0 Å². The van der Waals surface area contributed by atoms with Crippen LogP contribution in [-0.4, -0.2) is 16.7 Å². The Kier molecular flexibility index (Phi) is 5.45.